The predicted molar refractivity (Wildman–Crippen MR) is 128 cm³/mol. The molecule has 0 radical (unpaired) electrons. The van der Waals surface area contributed by atoms with Gasteiger partial charge in [0.2, 0.25) is 15.9 Å². The van der Waals surface area contributed by atoms with Crippen LogP contribution in [0.5, 0.6) is 11.5 Å². The lowest BCUT2D eigenvalue weighted by atomic mass is 9.97. The van der Waals surface area contributed by atoms with Gasteiger partial charge in [0.05, 0.1) is 10.8 Å². The highest BCUT2D eigenvalue weighted by Crippen LogP contribution is 2.36. The quantitative estimate of drug-likeness (QED) is 0.606. The molecule has 180 valence electrons. The van der Waals surface area contributed by atoms with Crippen molar-refractivity contribution in [3.63, 3.8) is 0 Å². The zero-order valence-electron chi connectivity index (χ0n) is 19.2. The van der Waals surface area contributed by atoms with Gasteiger partial charge >= 0.3 is 0 Å². The molecule has 2 aromatic carbocycles. The molecule has 3 aliphatic rings. The number of fused-ring (bicyclic) bond motifs is 1. The number of amides is 1. The second kappa shape index (κ2) is 9.40. The van der Waals surface area contributed by atoms with Gasteiger partial charge in [0.15, 0.2) is 11.5 Å². The Balaban J connectivity index is 1.27. The van der Waals surface area contributed by atoms with Gasteiger partial charge in [-0.05, 0) is 35.4 Å². The molecule has 8 nitrogen and oxygen atoms in total. The van der Waals surface area contributed by atoms with E-state index in [1.165, 1.54) is 10.4 Å². The minimum Gasteiger partial charge on any atom is -0.486 e. The van der Waals surface area contributed by atoms with Gasteiger partial charge in [0.1, 0.15) is 13.2 Å². The Hall–Kier alpha value is -2.88. The Kier molecular flexibility index (Phi) is 6.33. The minimum atomic E-state index is -3.68. The Morgan fingerprint density at radius 3 is 2.32 bits per heavy atom. The van der Waals surface area contributed by atoms with Gasteiger partial charge in [-0.1, -0.05) is 37.3 Å². The van der Waals surface area contributed by atoms with Crippen LogP contribution in [0.25, 0.3) is 0 Å². The number of ether oxygens (including phenoxy) is 2. The fraction of sp³-hybridized carbons (Fsp3) is 0.400. The number of carbonyl (C=O) groups is 1. The average Bonchev–Trinajstić information content (AvgIpc) is 3.45. The van der Waals surface area contributed by atoms with Crippen molar-refractivity contribution in [3.05, 3.63) is 65.2 Å². The third-order valence-electron chi connectivity index (χ3n) is 6.56. The van der Waals surface area contributed by atoms with Gasteiger partial charge < -0.3 is 19.7 Å². The number of hydrogen-bond acceptors (Lipinski definition) is 6. The van der Waals surface area contributed by atoms with Crippen LogP contribution in [0.3, 0.4) is 0 Å². The normalized spacial score (nSPS) is 18.8. The molecule has 2 aromatic rings. The predicted octanol–water partition coefficient (Wildman–Crippen LogP) is 1.99. The maximum absolute atomic E-state index is 13.4. The van der Waals surface area contributed by atoms with Gasteiger partial charge in [-0.2, -0.15) is 4.31 Å². The van der Waals surface area contributed by atoms with Crippen LogP contribution in [0.2, 0.25) is 0 Å². The lowest BCUT2D eigenvalue weighted by Gasteiger charge is -2.27. The minimum absolute atomic E-state index is 0.0720. The van der Waals surface area contributed by atoms with E-state index in [0.29, 0.717) is 57.4 Å². The van der Waals surface area contributed by atoms with E-state index in [2.05, 4.69) is 5.32 Å². The summed E-state index contributed by atoms with van der Waals surface area (Å²) in [5.41, 5.74) is 3.03. The molecule has 0 aromatic heterocycles. The number of nitrogens with zero attached hydrogens (tertiary/aromatic N) is 2. The molecule has 0 spiro atoms. The highest BCUT2D eigenvalue weighted by molar-refractivity contribution is 7.89. The standard InChI is InChI=1S/C25H29N3O5S/c1-2-26-13-22(18-6-4-3-5-7-18)25(29)27-14-19-16-28(17-20(19)15-27)34(30,31)21-8-9-23-24(12-21)33-11-10-32-23/h3-9,12,22,26H,2,10-11,13-17H2,1H3/t22-/m0/s1. The monoisotopic (exact) mass is 483 g/mol. The van der Waals surface area contributed by atoms with Crippen LogP contribution in [-0.2, 0) is 14.8 Å². The molecule has 0 aliphatic carbocycles. The molecule has 34 heavy (non-hydrogen) atoms. The first-order chi connectivity index (χ1) is 16.5. The molecule has 0 saturated carbocycles. The summed E-state index contributed by atoms with van der Waals surface area (Å²) in [7, 11) is -3.68. The molecule has 1 atom stereocenters. The van der Waals surface area contributed by atoms with Crippen molar-refractivity contribution in [2.75, 3.05) is 52.5 Å². The summed E-state index contributed by atoms with van der Waals surface area (Å²) in [5, 5.41) is 3.30. The summed E-state index contributed by atoms with van der Waals surface area (Å²) in [5.74, 6) is 0.824. The third-order valence-corrected chi connectivity index (χ3v) is 8.35. The number of likely N-dealkylation sites (N-methyl/N-ethyl adjacent to an activating group) is 1. The first-order valence-electron chi connectivity index (χ1n) is 11.6. The first-order valence-corrected chi connectivity index (χ1v) is 13.1. The number of sulfonamides is 1. The molecule has 5 rings (SSSR count). The van der Waals surface area contributed by atoms with Crippen LogP contribution in [0.15, 0.2) is 64.6 Å². The van der Waals surface area contributed by atoms with Gasteiger partial charge in [0.25, 0.3) is 0 Å². The van der Waals surface area contributed by atoms with E-state index in [1.54, 1.807) is 12.1 Å². The second-order valence-corrected chi connectivity index (χ2v) is 10.7. The Morgan fingerprint density at radius 1 is 0.971 bits per heavy atom. The maximum atomic E-state index is 13.4. The molecule has 0 fully saturated rings. The number of hydrogen-bond donors (Lipinski definition) is 1. The molecule has 0 unspecified atom stereocenters. The number of rotatable bonds is 7. The number of nitrogens with one attached hydrogen (secondary N) is 1. The van der Waals surface area contributed by atoms with Crippen molar-refractivity contribution >= 4 is 15.9 Å². The SMILES string of the molecule is CCNC[C@H](C(=O)N1CC2=C(C1)CN(S(=O)(=O)c1ccc3c(c1)OCCO3)C2)c1ccccc1. The molecule has 3 aliphatic heterocycles. The summed E-state index contributed by atoms with van der Waals surface area (Å²) in [6.07, 6.45) is 0. The van der Waals surface area contributed by atoms with Gasteiger partial charge in [-0.15, -0.1) is 0 Å². The van der Waals surface area contributed by atoms with Crippen molar-refractivity contribution in [2.24, 2.45) is 0 Å². The molecule has 1 amide bonds. The molecule has 9 heteroatoms. The van der Waals surface area contributed by atoms with Gasteiger partial charge in [0, 0.05) is 38.8 Å². The molecule has 0 bridgehead atoms. The van der Waals surface area contributed by atoms with Crippen LogP contribution in [-0.4, -0.2) is 76.0 Å². The van der Waals surface area contributed by atoms with Crippen molar-refractivity contribution in [3.8, 4) is 11.5 Å². The van der Waals surface area contributed by atoms with E-state index in [0.717, 1.165) is 23.3 Å². The lowest BCUT2D eigenvalue weighted by molar-refractivity contribution is -0.131. The fourth-order valence-electron chi connectivity index (χ4n) is 4.75. The summed E-state index contributed by atoms with van der Waals surface area (Å²) in [4.78, 5) is 15.5. The van der Waals surface area contributed by atoms with Crippen LogP contribution in [0, 0.1) is 0 Å². The highest BCUT2D eigenvalue weighted by Gasteiger charge is 2.39. The van der Waals surface area contributed by atoms with E-state index in [-0.39, 0.29) is 16.7 Å². The van der Waals surface area contributed by atoms with Crippen LogP contribution in [0.4, 0.5) is 0 Å². The third kappa shape index (κ3) is 4.31. The molecular weight excluding hydrogens is 454 g/mol. The smallest absolute Gasteiger partial charge is 0.243 e. The number of benzene rings is 2. The highest BCUT2D eigenvalue weighted by atomic mass is 32.2. The zero-order valence-corrected chi connectivity index (χ0v) is 20.0. The largest absolute Gasteiger partial charge is 0.486 e. The van der Waals surface area contributed by atoms with Crippen LogP contribution >= 0.6 is 0 Å². The van der Waals surface area contributed by atoms with Crippen molar-refractivity contribution < 1.29 is 22.7 Å². The Labute approximate surface area is 200 Å². The average molecular weight is 484 g/mol. The molecule has 3 heterocycles. The van der Waals surface area contributed by atoms with Crippen molar-refractivity contribution in [1.82, 2.24) is 14.5 Å². The van der Waals surface area contributed by atoms with E-state index in [1.807, 2.05) is 42.2 Å². The van der Waals surface area contributed by atoms with E-state index >= 15 is 0 Å². The lowest BCUT2D eigenvalue weighted by Crippen LogP contribution is -2.40. The van der Waals surface area contributed by atoms with Crippen molar-refractivity contribution in [2.45, 2.75) is 17.7 Å². The van der Waals surface area contributed by atoms with Gasteiger partial charge in [-0.25, -0.2) is 8.42 Å². The van der Waals surface area contributed by atoms with Crippen LogP contribution < -0.4 is 14.8 Å². The molecular formula is C25H29N3O5S. The summed E-state index contributed by atoms with van der Waals surface area (Å²) < 4.78 is 39.1. The van der Waals surface area contributed by atoms with Crippen LogP contribution in [0.1, 0.15) is 18.4 Å². The van der Waals surface area contributed by atoms with E-state index in [9.17, 15) is 13.2 Å². The van der Waals surface area contributed by atoms with E-state index < -0.39 is 10.0 Å². The Bertz CT molecular complexity index is 1190. The summed E-state index contributed by atoms with van der Waals surface area (Å²) in [6, 6.07) is 14.6. The fourth-order valence-corrected chi connectivity index (χ4v) is 6.19. The first kappa shape index (κ1) is 22.9. The molecule has 1 N–H and O–H groups in total. The number of carbonyl (C=O) groups excluding carboxylic acids is 1. The summed E-state index contributed by atoms with van der Waals surface area (Å²) >= 11 is 0. The van der Waals surface area contributed by atoms with Crippen molar-refractivity contribution in [1.29, 1.82) is 0 Å². The van der Waals surface area contributed by atoms with E-state index in [4.69, 9.17) is 9.47 Å². The Morgan fingerprint density at radius 2 is 1.65 bits per heavy atom. The second-order valence-electron chi connectivity index (χ2n) is 8.75. The van der Waals surface area contributed by atoms with Gasteiger partial charge in [-0.3, -0.25) is 4.79 Å². The zero-order chi connectivity index (χ0) is 23.7. The maximum Gasteiger partial charge on any atom is 0.243 e. The molecule has 0 saturated heterocycles. The summed E-state index contributed by atoms with van der Waals surface area (Å²) in [6.45, 7) is 5.79. The topological polar surface area (TPSA) is 88.2 Å².